The van der Waals surface area contributed by atoms with Crippen molar-refractivity contribution in [2.75, 3.05) is 26.5 Å². The fourth-order valence-electron chi connectivity index (χ4n) is 3.26. The average Bonchev–Trinajstić information content (AvgIpc) is 3.09. The summed E-state index contributed by atoms with van der Waals surface area (Å²) < 4.78 is 10.3. The van der Waals surface area contributed by atoms with Gasteiger partial charge in [-0.05, 0) is 17.2 Å². The second kappa shape index (κ2) is 10.4. The molecule has 7 heteroatoms. The number of amides is 2. The van der Waals surface area contributed by atoms with Crippen LogP contribution in [0.1, 0.15) is 21.5 Å². The highest BCUT2D eigenvalue weighted by atomic mass is 32.2. The molecule has 1 heterocycles. The van der Waals surface area contributed by atoms with Crippen LogP contribution in [0.15, 0.2) is 54.6 Å². The maximum atomic E-state index is 13.0. The van der Waals surface area contributed by atoms with Crippen molar-refractivity contribution in [3.63, 3.8) is 0 Å². The number of hydrogen-bond acceptors (Lipinski definition) is 5. The first kappa shape index (κ1) is 21.4. The second-order valence-electron chi connectivity index (χ2n) is 6.75. The van der Waals surface area contributed by atoms with Crippen LogP contribution in [0.25, 0.3) is 0 Å². The molecule has 0 bridgehead atoms. The second-order valence-corrected chi connectivity index (χ2v) is 7.78. The average molecular weight is 415 g/mol. The molecule has 0 saturated heterocycles. The first-order valence-corrected chi connectivity index (χ1v) is 10.6. The Balaban J connectivity index is 1.69. The zero-order valence-electron chi connectivity index (χ0n) is 16.7. The van der Waals surface area contributed by atoms with Gasteiger partial charge >= 0.3 is 0 Å². The van der Waals surface area contributed by atoms with E-state index in [0.29, 0.717) is 17.9 Å². The SMILES string of the molecule is COC(CNC(=O)[C@H](CSCc1ccccc1)N1Cc2ccccc2C1=O)OC. The summed E-state index contributed by atoms with van der Waals surface area (Å²) in [5.41, 5.74) is 2.81. The van der Waals surface area contributed by atoms with Gasteiger partial charge in [-0.3, -0.25) is 9.59 Å². The summed E-state index contributed by atoms with van der Waals surface area (Å²) >= 11 is 1.64. The molecule has 0 unspecified atom stereocenters. The van der Waals surface area contributed by atoms with Gasteiger partial charge in [0.05, 0.1) is 6.54 Å². The molecule has 1 aliphatic heterocycles. The Morgan fingerprint density at radius 3 is 2.48 bits per heavy atom. The third-order valence-corrected chi connectivity index (χ3v) is 5.97. The van der Waals surface area contributed by atoms with Crippen molar-refractivity contribution >= 4 is 23.6 Å². The van der Waals surface area contributed by atoms with Gasteiger partial charge in [-0.2, -0.15) is 11.8 Å². The Labute approximate surface area is 175 Å². The van der Waals surface area contributed by atoms with Gasteiger partial charge in [-0.1, -0.05) is 48.5 Å². The van der Waals surface area contributed by atoms with E-state index in [1.165, 1.54) is 19.8 Å². The quantitative estimate of drug-likeness (QED) is 0.606. The van der Waals surface area contributed by atoms with Gasteiger partial charge in [-0.15, -0.1) is 0 Å². The summed E-state index contributed by atoms with van der Waals surface area (Å²) in [7, 11) is 3.04. The highest BCUT2D eigenvalue weighted by Gasteiger charge is 2.36. The number of fused-ring (bicyclic) bond motifs is 1. The topological polar surface area (TPSA) is 67.9 Å². The molecule has 0 aromatic heterocycles. The lowest BCUT2D eigenvalue weighted by Crippen LogP contribution is -2.50. The molecule has 2 amide bonds. The van der Waals surface area contributed by atoms with Crippen molar-refractivity contribution in [2.45, 2.75) is 24.6 Å². The monoisotopic (exact) mass is 414 g/mol. The Hall–Kier alpha value is -2.35. The third-order valence-electron chi connectivity index (χ3n) is 4.88. The number of methoxy groups -OCH3 is 2. The Morgan fingerprint density at radius 2 is 1.79 bits per heavy atom. The zero-order valence-corrected chi connectivity index (χ0v) is 17.5. The van der Waals surface area contributed by atoms with E-state index < -0.39 is 12.3 Å². The van der Waals surface area contributed by atoms with E-state index in [-0.39, 0.29) is 18.4 Å². The van der Waals surface area contributed by atoms with Crippen molar-refractivity contribution in [2.24, 2.45) is 0 Å². The molecule has 6 nitrogen and oxygen atoms in total. The summed E-state index contributed by atoms with van der Waals surface area (Å²) in [5.74, 6) is 0.977. The molecule has 0 aliphatic carbocycles. The molecule has 1 N–H and O–H groups in total. The molecule has 1 aliphatic rings. The van der Waals surface area contributed by atoms with E-state index in [1.807, 2.05) is 42.5 Å². The largest absolute Gasteiger partial charge is 0.354 e. The molecule has 154 valence electrons. The standard InChI is InChI=1S/C22H26N2O4S/c1-27-20(28-2)12-23-21(25)19(15-29-14-16-8-4-3-5-9-16)24-13-17-10-6-7-11-18(17)22(24)26/h3-11,19-20H,12-15H2,1-2H3,(H,23,25)/t19-/m0/s1. The number of ether oxygens (including phenoxy) is 2. The number of carbonyl (C=O) groups excluding carboxylic acids is 2. The lowest BCUT2D eigenvalue weighted by Gasteiger charge is -2.27. The number of thioether (sulfide) groups is 1. The summed E-state index contributed by atoms with van der Waals surface area (Å²) in [5, 5.41) is 2.86. The van der Waals surface area contributed by atoms with Gasteiger partial charge in [-0.25, -0.2) is 0 Å². The van der Waals surface area contributed by atoms with Gasteiger partial charge < -0.3 is 19.7 Å². The van der Waals surface area contributed by atoms with Crippen LogP contribution in [0, 0.1) is 0 Å². The predicted octanol–water partition coefficient (Wildman–Crippen LogP) is 2.68. The lowest BCUT2D eigenvalue weighted by molar-refractivity contribution is -0.130. The van der Waals surface area contributed by atoms with Gasteiger partial charge in [0.15, 0.2) is 6.29 Å². The van der Waals surface area contributed by atoms with Gasteiger partial charge in [0.1, 0.15) is 6.04 Å². The Morgan fingerprint density at radius 1 is 1.10 bits per heavy atom. The fraction of sp³-hybridized carbons (Fsp3) is 0.364. The van der Waals surface area contributed by atoms with Crippen LogP contribution in [0.5, 0.6) is 0 Å². The number of hydrogen-bond donors (Lipinski definition) is 1. The van der Waals surface area contributed by atoms with Crippen LogP contribution in [-0.4, -0.2) is 55.6 Å². The van der Waals surface area contributed by atoms with E-state index in [4.69, 9.17) is 9.47 Å². The minimum absolute atomic E-state index is 0.101. The first-order valence-electron chi connectivity index (χ1n) is 9.48. The number of carbonyl (C=O) groups is 2. The van der Waals surface area contributed by atoms with Gasteiger partial charge in [0, 0.05) is 37.8 Å². The maximum Gasteiger partial charge on any atom is 0.255 e. The van der Waals surface area contributed by atoms with Crippen molar-refractivity contribution < 1.29 is 19.1 Å². The molecule has 0 saturated carbocycles. The van der Waals surface area contributed by atoms with Crippen molar-refractivity contribution in [3.8, 4) is 0 Å². The van der Waals surface area contributed by atoms with Gasteiger partial charge in [0.2, 0.25) is 5.91 Å². The number of nitrogens with zero attached hydrogens (tertiary/aromatic N) is 1. The predicted molar refractivity (Wildman–Crippen MR) is 114 cm³/mol. The smallest absolute Gasteiger partial charge is 0.255 e. The molecule has 2 aromatic rings. The van der Waals surface area contributed by atoms with Crippen molar-refractivity contribution in [3.05, 3.63) is 71.3 Å². The molecule has 3 rings (SSSR count). The zero-order chi connectivity index (χ0) is 20.6. The van der Waals surface area contributed by atoms with Gasteiger partial charge in [0.25, 0.3) is 5.91 Å². The highest BCUT2D eigenvalue weighted by Crippen LogP contribution is 2.26. The van der Waals surface area contributed by atoms with Crippen LogP contribution in [0.2, 0.25) is 0 Å². The number of benzene rings is 2. The third kappa shape index (κ3) is 5.38. The first-order chi connectivity index (χ1) is 14.1. The summed E-state index contributed by atoms with van der Waals surface area (Å²) in [6.07, 6.45) is -0.525. The minimum atomic E-state index is -0.571. The van der Waals surface area contributed by atoms with Crippen LogP contribution in [-0.2, 0) is 26.6 Å². The molecule has 0 spiro atoms. The van der Waals surface area contributed by atoms with Crippen LogP contribution >= 0.6 is 11.8 Å². The molecule has 0 fully saturated rings. The molecule has 29 heavy (non-hydrogen) atoms. The Bertz CT molecular complexity index is 827. The normalized spacial score (nSPS) is 14.2. The number of rotatable bonds is 10. The summed E-state index contributed by atoms with van der Waals surface area (Å²) in [4.78, 5) is 27.5. The van der Waals surface area contributed by atoms with E-state index in [0.717, 1.165) is 11.3 Å². The van der Waals surface area contributed by atoms with E-state index in [9.17, 15) is 9.59 Å². The van der Waals surface area contributed by atoms with Crippen LogP contribution < -0.4 is 5.32 Å². The van der Waals surface area contributed by atoms with Crippen LogP contribution in [0.3, 0.4) is 0 Å². The highest BCUT2D eigenvalue weighted by molar-refractivity contribution is 7.98. The van der Waals surface area contributed by atoms with Crippen LogP contribution in [0.4, 0.5) is 0 Å². The summed E-state index contributed by atoms with van der Waals surface area (Å²) in [6, 6.07) is 17.0. The fourth-order valence-corrected chi connectivity index (χ4v) is 4.36. The molecular weight excluding hydrogens is 388 g/mol. The van der Waals surface area contributed by atoms with Crippen molar-refractivity contribution in [1.82, 2.24) is 10.2 Å². The van der Waals surface area contributed by atoms with E-state index in [2.05, 4.69) is 17.4 Å². The number of nitrogens with one attached hydrogen (secondary N) is 1. The lowest BCUT2D eigenvalue weighted by atomic mass is 10.1. The van der Waals surface area contributed by atoms with E-state index >= 15 is 0 Å². The summed E-state index contributed by atoms with van der Waals surface area (Å²) in [6.45, 7) is 0.664. The molecular formula is C22H26N2O4S. The minimum Gasteiger partial charge on any atom is -0.354 e. The molecule has 1 atom stereocenters. The molecule has 0 radical (unpaired) electrons. The molecule has 2 aromatic carbocycles. The maximum absolute atomic E-state index is 13.0. The van der Waals surface area contributed by atoms with Crippen molar-refractivity contribution in [1.29, 1.82) is 0 Å². The van der Waals surface area contributed by atoms with E-state index in [1.54, 1.807) is 16.7 Å². The Kier molecular flexibility index (Phi) is 7.69.